The summed E-state index contributed by atoms with van der Waals surface area (Å²) in [5.74, 6) is 1.33. The third-order valence-electron chi connectivity index (χ3n) is 5.79. The van der Waals surface area contributed by atoms with Gasteiger partial charge in [-0.2, -0.15) is 4.68 Å². The number of anilines is 1. The van der Waals surface area contributed by atoms with Crippen LogP contribution in [0.2, 0.25) is 0 Å². The van der Waals surface area contributed by atoms with Crippen LogP contribution in [0.3, 0.4) is 0 Å². The summed E-state index contributed by atoms with van der Waals surface area (Å²) >= 11 is 0. The van der Waals surface area contributed by atoms with Gasteiger partial charge in [0.25, 0.3) is 5.91 Å². The first-order valence-corrected chi connectivity index (χ1v) is 10.7. The van der Waals surface area contributed by atoms with E-state index in [1.54, 1.807) is 54.1 Å². The van der Waals surface area contributed by atoms with Crippen molar-refractivity contribution in [2.45, 2.75) is 0 Å². The van der Waals surface area contributed by atoms with Gasteiger partial charge in [0.15, 0.2) is 28.5 Å². The fourth-order valence-corrected chi connectivity index (χ4v) is 4.00. The van der Waals surface area contributed by atoms with E-state index in [4.69, 9.17) is 9.47 Å². The van der Waals surface area contributed by atoms with Gasteiger partial charge in [-0.25, -0.2) is 14.4 Å². The van der Waals surface area contributed by atoms with E-state index in [1.165, 1.54) is 18.5 Å². The number of carbonyl (C=O) groups is 1. The predicted molar refractivity (Wildman–Crippen MR) is 122 cm³/mol. The van der Waals surface area contributed by atoms with E-state index in [9.17, 15) is 9.18 Å². The number of carbonyl (C=O) groups excluding carboxylic acids is 1. The highest BCUT2D eigenvalue weighted by Gasteiger charge is 2.26. The maximum absolute atomic E-state index is 13.3. The molecule has 4 aromatic rings. The Morgan fingerprint density at radius 3 is 2.38 bits per heavy atom. The number of aromatic nitrogens is 5. The molecule has 1 aliphatic heterocycles. The van der Waals surface area contributed by atoms with Gasteiger partial charge >= 0.3 is 0 Å². The zero-order valence-corrected chi connectivity index (χ0v) is 18.7. The van der Waals surface area contributed by atoms with Gasteiger partial charge in [-0.3, -0.25) is 4.79 Å². The van der Waals surface area contributed by atoms with Gasteiger partial charge < -0.3 is 19.3 Å². The number of rotatable bonds is 5. The van der Waals surface area contributed by atoms with Crippen molar-refractivity contribution in [3.8, 4) is 17.2 Å². The van der Waals surface area contributed by atoms with Gasteiger partial charge in [0.2, 0.25) is 0 Å². The van der Waals surface area contributed by atoms with Crippen LogP contribution in [0.1, 0.15) is 10.4 Å². The predicted octanol–water partition coefficient (Wildman–Crippen LogP) is 2.33. The van der Waals surface area contributed by atoms with Crippen molar-refractivity contribution in [2.75, 3.05) is 45.3 Å². The van der Waals surface area contributed by atoms with Crippen molar-refractivity contribution in [1.29, 1.82) is 0 Å². The lowest BCUT2D eigenvalue weighted by Crippen LogP contribution is -2.49. The molecule has 1 aliphatic rings. The van der Waals surface area contributed by atoms with E-state index in [-0.39, 0.29) is 11.7 Å². The Balaban J connectivity index is 1.33. The molecule has 34 heavy (non-hydrogen) atoms. The number of hydrogen-bond acceptors (Lipinski definition) is 8. The first-order valence-electron chi connectivity index (χ1n) is 10.7. The van der Waals surface area contributed by atoms with Crippen molar-refractivity contribution in [2.24, 2.45) is 0 Å². The van der Waals surface area contributed by atoms with Crippen LogP contribution in [0.4, 0.5) is 10.2 Å². The van der Waals surface area contributed by atoms with Crippen LogP contribution in [0.5, 0.6) is 11.5 Å². The molecule has 0 bridgehead atoms. The van der Waals surface area contributed by atoms with Crippen LogP contribution in [-0.2, 0) is 0 Å². The van der Waals surface area contributed by atoms with Crippen molar-refractivity contribution in [3.05, 3.63) is 60.2 Å². The number of amides is 1. The van der Waals surface area contributed by atoms with E-state index in [1.807, 2.05) is 0 Å². The summed E-state index contributed by atoms with van der Waals surface area (Å²) < 4.78 is 25.4. The highest BCUT2D eigenvalue weighted by Crippen LogP contribution is 2.29. The van der Waals surface area contributed by atoms with Gasteiger partial charge in [0.05, 0.1) is 19.9 Å². The van der Waals surface area contributed by atoms with Crippen molar-refractivity contribution in [3.63, 3.8) is 0 Å². The van der Waals surface area contributed by atoms with Crippen LogP contribution in [0.25, 0.3) is 16.9 Å². The molecule has 1 amide bonds. The third kappa shape index (κ3) is 3.85. The van der Waals surface area contributed by atoms with Gasteiger partial charge in [-0.15, -0.1) is 5.10 Å². The summed E-state index contributed by atoms with van der Waals surface area (Å²) in [6.07, 6.45) is 1.46. The molecular formula is C23H22FN7O3. The summed E-state index contributed by atoms with van der Waals surface area (Å²) in [5.41, 5.74) is 2.27. The SMILES string of the molecule is COc1ccc(C(=O)N2CCN(c3ncnc4c3nnn4-c3ccc(F)cc3)CC2)cc1OC. The second-order valence-corrected chi connectivity index (χ2v) is 7.70. The zero-order valence-electron chi connectivity index (χ0n) is 18.7. The number of fused-ring (bicyclic) bond motifs is 1. The maximum atomic E-state index is 13.3. The second-order valence-electron chi connectivity index (χ2n) is 7.70. The molecule has 0 spiro atoms. The maximum Gasteiger partial charge on any atom is 0.254 e. The van der Waals surface area contributed by atoms with Gasteiger partial charge in [-0.05, 0) is 42.5 Å². The number of halogens is 1. The number of ether oxygens (including phenoxy) is 2. The number of benzene rings is 2. The molecule has 1 fully saturated rings. The smallest absolute Gasteiger partial charge is 0.254 e. The third-order valence-corrected chi connectivity index (χ3v) is 5.79. The molecule has 2 aromatic carbocycles. The first kappa shape index (κ1) is 21.6. The van der Waals surface area contributed by atoms with Crippen LogP contribution < -0.4 is 14.4 Å². The standard InChI is InChI=1S/C23H22FN7O3/c1-33-18-8-3-15(13-19(18)34-2)23(32)30-11-9-29(10-12-30)21-20-22(26-14-25-21)31(28-27-20)17-6-4-16(24)5-7-17/h3-8,13-14H,9-12H2,1-2H3. The summed E-state index contributed by atoms with van der Waals surface area (Å²) in [6.45, 7) is 2.19. The molecule has 0 atom stereocenters. The monoisotopic (exact) mass is 463 g/mol. The van der Waals surface area contributed by atoms with E-state index in [0.717, 1.165) is 0 Å². The number of nitrogens with zero attached hydrogens (tertiary/aromatic N) is 7. The topological polar surface area (TPSA) is 98.5 Å². The Labute approximate surface area is 194 Å². The molecule has 174 valence electrons. The Kier molecular flexibility index (Phi) is 5.66. The minimum Gasteiger partial charge on any atom is -0.493 e. The number of piperazine rings is 1. The van der Waals surface area contributed by atoms with E-state index in [0.29, 0.717) is 65.9 Å². The lowest BCUT2D eigenvalue weighted by molar-refractivity contribution is 0.0746. The number of methoxy groups -OCH3 is 2. The summed E-state index contributed by atoms with van der Waals surface area (Å²) in [4.78, 5) is 25.7. The van der Waals surface area contributed by atoms with Crippen molar-refractivity contribution < 1.29 is 18.7 Å². The van der Waals surface area contributed by atoms with Crippen LogP contribution in [0, 0.1) is 5.82 Å². The second kappa shape index (κ2) is 8.93. The van der Waals surface area contributed by atoms with Crippen molar-refractivity contribution in [1.82, 2.24) is 29.9 Å². The highest BCUT2D eigenvalue weighted by atomic mass is 19.1. The molecule has 0 N–H and O–H groups in total. The molecule has 11 heteroatoms. The molecule has 1 saturated heterocycles. The zero-order chi connectivity index (χ0) is 23.7. The van der Waals surface area contributed by atoms with Crippen LogP contribution >= 0.6 is 0 Å². The minimum absolute atomic E-state index is 0.0734. The molecule has 0 saturated carbocycles. The molecule has 5 rings (SSSR count). The fraction of sp³-hybridized carbons (Fsp3) is 0.261. The average Bonchev–Trinajstić information content (AvgIpc) is 3.33. The number of hydrogen-bond donors (Lipinski definition) is 0. The van der Waals surface area contributed by atoms with Crippen LogP contribution in [-0.4, -0.2) is 76.2 Å². The molecule has 3 heterocycles. The summed E-state index contributed by atoms with van der Waals surface area (Å²) in [6, 6.07) is 11.1. The molecule has 0 aliphatic carbocycles. The van der Waals surface area contributed by atoms with Gasteiger partial charge in [-0.1, -0.05) is 5.21 Å². The Bertz CT molecular complexity index is 1330. The molecular weight excluding hydrogens is 441 g/mol. The Hall–Kier alpha value is -4.28. The molecule has 0 unspecified atom stereocenters. The Morgan fingerprint density at radius 2 is 1.68 bits per heavy atom. The molecule has 0 radical (unpaired) electrons. The lowest BCUT2D eigenvalue weighted by Gasteiger charge is -2.35. The first-order chi connectivity index (χ1) is 16.6. The largest absolute Gasteiger partial charge is 0.493 e. The minimum atomic E-state index is -0.330. The van der Waals surface area contributed by atoms with Gasteiger partial charge in [0, 0.05) is 31.7 Å². The van der Waals surface area contributed by atoms with E-state index >= 15 is 0 Å². The highest BCUT2D eigenvalue weighted by molar-refractivity contribution is 5.95. The molecule has 2 aromatic heterocycles. The lowest BCUT2D eigenvalue weighted by atomic mass is 10.1. The Morgan fingerprint density at radius 1 is 0.941 bits per heavy atom. The van der Waals surface area contributed by atoms with Gasteiger partial charge in [0.1, 0.15) is 12.1 Å². The fourth-order valence-electron chi connectivity index (χ4n) is 4.00. The average molecular weight is 463 g/mol. The van der Waals surface area contributed by atoms with Crippen molar-refractivity contribution >= 4 is 22.9 Å². The van der Waals surface area contributed by atoms with E-state index < -0.39 is 0 Å². The quantitative estimate of drug-likeness (QED) is 0.445. The summed E-state index contributed by atoms with van der Waals surface area (Å²) in [5, 5.41) is 8.47. The van der Waals surface area contributed by atoms with Crippen LogP contribution in [0.15, 0.2) is 48.8 Å². The molecule has 10 nitrogen and oxygen atoms in total. The normalized spacial score (nSPS) is 13.9. The summed E-state index contributed by atoms with van der Waals surface area (Å²) in [7, 11) is 3.10. The van der Waals surface area contributed by atoms with E-state index in [2.05, 4.69) is 25.2 Å².